The third-order valence-electron chi connectivity index (χ3n) is 4.78. The fourth-order valence-corrected chi connectivity index (χ4v) is 3.98. The fraction of sp³-hybridized carbons (Fsp3) is 0.217. The number of nitrogens with one attached hydrogen (secondary N) is 1. The minimum absolute atomic E-state index is 0.170. The SMILES string of the molecule is CC(C)(C)c1ccc(C2C=C(c3cccs3)NN2c2ccccc2)cc1. The van der Waals surface area contributed by atoms with Gasteiger partial charge < -0.3 is 0 Å². The molecule has 0 amide bonds. The highest BCUT2D eigenvalue weighted by Gasteiger charge is 2.27. The lowest BCUT2D eigenvalue weighted by molar-refractivity contribution is 0.589. The summed E-state index contributed by atoms with van der Waals surface area (Å²) in [5, 5.41) is 4.37. The van der Waals surface area contributed by atoms with Crippen LogP contribution < -0.4 is 10.4 Å². The first-order valence-corrected chi connectivity index (χ1v) is 9.87. The molecule has 132 valence electrons. The molecule has 0 bridgehead atoms. The Labute approximate surface area is 159 Å². The Morgan fingerprint density at radius 2 is 1.62 bits per heavy atom. The molecule has 3 heteroatoms. The summed E-state index contributed by atoms with van der Waals surface area (Å²) in [4.78, 5) is 1.26. The Bertz CT molecular complexity index is 888. The molecule has 1 aliphatic rings. The van der Waals surface area contributed by atoms with Crippen LogP contribution in [0.4, 0.5) is 5.69 Å². The van der Waals surface area contributed by atoms with E-state index < -0.39 is 0 Å². The van der Waals surface area contributed by atoms with E-state index >= 15 is 0 Å². The molecule has 2 aromatic carbocycles. The largest absolute Gasteiger partial charge is 0.296 e. The standard InChI is InChI=1S/C23H24N2S/c1-23(2,3)18-13-11-17(12-14-18)21-16-20(22-10-7-15-26-22)24-25(21)19-8-5-4-6-9-19/h4-16,21,24H,1-3H3. The van der Waals surface area contributed by atoms with E-state index in [1.807, 2.05) is 0 Å². The smallest absolute Gasteiger partial charge is 0.0958 e. The predicted molar refractivity (Wildman–Crippen MR) is 112 cm³/mol. The lowest BCUT2D eigenvalue weighted by Gasteiger charge is -2.28. The second-order valence-electron chi connectivity index (χ2n) is 7.69. The maximum atomic E-state index is 3.61. The summed E-state index contributed by atoms with van der Waals surface area (Å²) in [7, 11) is 0. The molecule has 0 aliphatic carbocycles. The zero-order chi connectivity index (χ0) is 18.1. The van der Waals surface area contributed by atoms with Crippen molar-refractivity contribution < 1.29 is 0 Å². The number of benzene rings is 2. The number of para-hydroxylation sites is 1. The summed E-state index contributed by atoms with van der Waals surface area (Å²) in [6.45, 7) is 6.76. The summed E-state index contributed by atoms with van der Waals surface area (Å²) >= 11 is 1.76. The van der Waals surface area contributed by atoms with Gasteiger partial charge in [0.15, 0.2) is 0 Å². The van der Waals surface area contributed by atoms with Gasteiger partial charge in [0, 0.05) is 0 Å². The molecule has 2 heterocycles. The van der Waals surface area contributed by atoms with Crippen LogP contribution in [0.3, 0.4) is 0 Å². The Hall–Kier alpha value is -2.52. The van der Waals surface area contributed by atoms with Gasteiger partial charge in [-0.3, -0.25) is 10.4 Å². The summed E-state index contributed by atoms with van der Waals surface area (Å²) < 4.78 is 0. The van der Waals surface area contributed by atoms with Gasteiger partial charge in [-0.25, -0.2) is 0 Å². The van der Waals surface area contributed by atoms with Crippen molar-refractivity contribution >= 4 is 22.7 Å². The van der Waals surface area contributed by atoms with Crippen molar-refractivity contribution in [2.75, 3.05) is 5.01 Å². The van der Waals surface area contributed by atoms with Crippen LogP contribution in [0.5, 0.6) is 0 Å². The quantitative estimate of drug-likeness (QED) is 0.602. The number of rotatable bonds is 3. The first-order valence-electron chi connectivity index (χ1n) is 8.99. The van der Waals surface area contributed by atoms with Crippen LogP contribution in [0.2, 0.25) is 0 Å². The highest BCUT2D eigenvalue weighted by atomic mass is 32.1. The van der Waals surface area contributed by atoms with Crippen LogP contribution in [0.1, 0.15) is 42.8 Å². The van der Waals surface area contributed by atoms with E-state index in [0.717, 1.165) is 0 Å². The van der Waals surface area contributed by atoms with Gasteiger partial charge in [0.25, 0.3) is 0 Å². The molecule has 1 aliphatic heterocycles. The van der Waals surface area contributed by atoms with E-state index in [1.165, 1.54) is 27.4 Å². The monoisotopic (exact) mass is 360 g/mol. The number of hydrazine groups is 1. The maximum Gasteiger partial charge on any atom is 0.0958 e. The van der Waals surface area contributed by atoms with Crippen molar-refractivity contribution in [3.05, 3.63) is 94.2 Å². The van der Waals surface area contributed by atoms with Crippen LogP contribution in [-0.2, 0) is 5.41 Å². The molecule has 1 atom stereocenters. The Kier molecular flexibility index (Phi) is 4.33. The van der Waals surface area contributed by atoms with Gasteiger partial charge in [-0.1, -0.05) is 69.3 Å². The summed E-state index contributed by atoms with van der Waals surface area (Å²) in [6, 6.07) is 24.0. The van der Waals surface area contributed by atoms with Crippen molar-refractivity contribution in [1.29, 1.82) is 0 Å². The highest BCUT2D eigenvalue weighted by Crippen LogP contribution is 2.36. The lowest BCUT2D eigenvalue weighted by atomic mass is 9.86. The number of hydrogen-bond donors (Lipinski definition) is 1. The third kappa shape index (κ3) is 3.27. The minimum atomic E-state index is 0.170. The average Bonchev–Trinajstić information content (AvgIpc) is 3.31. The molecule has 1 N–H and O–H groups in total. The number of anilines is 1. The molecular formula is C23H24N2S. The molecule has 3 aromatic rings. The van der Waals surface area contributed by atoms with Gasteiger partial charge in [-0.2, -0.15) is 0 Å². The molecule has 1 unspecified atom stereocenters. The van der Waals surface area contributed by atoms with Crippen molar-refractivity contribution in [2.24, 2.45) is 0 Å². The Morgan fingerprint density at radius 1 is 0.885 bits per heavy atom. The number of thiophene rings is 1. The molecule has 0 radical (unpaired) electrons. The Morgan fingerprint density at radius 3 is 2.23 bits per heavy atom. The summed E-state index contributed by atoms with van der Waals surface area (Å²) in [5.41, 5.74) is 8.77. The van der Waals surface area contributed by atoms with Crippen molar-refractivity contribution in [3.8, 4) is 0 Å². The second-order valence-corrected chi connectivity index (χ2v) is 8.64. The molecule has 0 fully saturated rings. The molecule has 26 heavy (non-hydrogen) atoms. The zero-order valence-electron chi connectivity index (χ0n) is 15.4. The van der Waals surface area contributed by atoms with Gasteiger partial charge in [0.1, 0.15) is 0 Å². The van der Waals surface area contributed by atoms with Gasteiger partial charge in [-0.15, -0.1) is 11.3 Å². The van der Waals surface area contributed by atoms with Crippen LogP contribution in [-0.4, -0.2) is 0 Å². The summed E-state index contributed by atoms with van der Waals surface area (Å²) in [5.74, 6) is 0. The first-order chi connectivity index (χ1) is 12.5. The lowest BCUT2D eigenvalue weighted by Crippen LogP contribution is -2.33. The molecule has 0 saturated heterocycles. The van der Waals surface area contributed by atoms with Crippen LogP contribution in [0.25, 0.3) is 5.70 Å². The summed E-state index contributed by atoms with van der Waals surface area (Å²) in [6.07, 6.45) is 2.32. The molecule has 2 nitrogen and oxygen atoms in total. The average molecular weight is 361 g/mol. The fourth-order valence-electron chi connectivity index (χ4n) is 3.28. The zero-order valence-corrected chi connectivity index (χ0v) is 16.3. The molecular weight excluding hydrogens is 336 g/mol. The predicted octanol–water partition coefficient (Wildman–Crippen LogP) is 6.15. The third-order valence-corrected chi connectivity index (χ3v) is 5.69. The van der Waals surface area contributed by atoms with E-state index in [-0.39, 0.29) is 11.5 Å². The van der Waals surface area contributed by atoms with E-state index in [9.17, 15) is 0 Å². The number of hydrogen-bond acceptors (Lipinski definition) is 3. The molecule has 0 saturated carbocycles. The van der Waals surface area contributed by atoms with E-state index in [2.05, 4.69) is 109 Å². The van der Waals surface area contributed by atoms with Crippen molar-refractivity contribution in [3.63, 3.8) is 0 Å². The van der Waals surface area contributed by atoms with Gasteiger partial charge >= 0.3 is 0 Å². The van der Waals surface area contributed by atoms with E-state index in [4.69, 9.17) is 0 Å². The van der Waals surface area contributed by atoms with E-state index in [0.29, 0.717) is 0 Å². The van der Waals surface area contributed by atoms with Gasteiger partial charge in [0.05, 0.1) is 22.3 Å². The highest BCUT2D eigenvalue weighted by molar-refractivity contribution is 7.11. The number of nitrogens with zero attached hydrogens (tertiary/aromatic N) is 1. The van der Waals surface area contributed by atoms with Crippen molar-refractivity contribution in [1.82, 2.24) is 5.43 Å². The van der Waals surface area contributed by atoms with Gasteiger partial charge in [0.2, 0.25) is 0 Å². The van der Waals surface area contributed by atoms with Crippen LogP contribution in [0.15, 0.2) is 78.2 Å². The van der Waals surface area contributed by atoms with Crippen LogP contribution in [0, 0.1) is 0 Å². The van der Waals surface area contributed by atoms with Crippen molar-refractivity contribution in [2.45, 2.75) is 32.2 Å². The molecule has 1 aromatic heterocycles. The second kappa shape index (κ2) is 6.65. The van der Waals surface area contributed by atoms with Crippen LogP contribution >= 0.6 is 11.3 Å². The van der Waals surface area contributed by atoms with Gasteiger partial charge in [-0.05, 0) is 46.2 Å². The maximum absolute atomic E-state index is 3.61. The first kappa shape index (κ1) is 16.9. The normalized spacial score (nSPS) is 17.1. The Balaban J connectivity index is 1.72. The van der Waals surface area contributed by atoms with E-state index in [1.54, 1.807) is 11.3 Å². The topological polar surface area (TPSA) is 15.3 Å². The molecule has 0 spiro atoms. The molecule has 4 rings (SSSR count). The minimum Gasteiger partial charge on any atom is -0.296 e.